The fourth-order valence-electron chi connectivity index (χ4n) is 3.49. The van der Waals surface area contributed by atoms with Gasteiger partial charge in [0.25, 0.3) is 0 Å². The molecule has 3 heteroatoms. The summed E-state index contributed by atoms with van der Waals surface area (Å²) in [5.41, 5.74) is 3.66. The molecule has 1 atom stereocenters. The normalized spacial score (nSPS) is 12.6. The lowest BCUT2D eigenvalue weighted by Gasteiger charge is -2.24. The van der Waals surface area contributed by atoms with Gasteiger partial charge >= 0.3 is 0 Å². The van der Waals surface area contributed by atoms with Crippen LogP contribution in [-0.4, -0.2) is 29.5 Å². The first-order valence-corrected chi connectivity index (χ1v) is 9.42. The Bertz CT molecular complexity index is 813. The standard InChI is InChI=1S/C22H25ClN2/c1-3-25(4-2)15-13-19(17-8-6-5-7-9-17)20-12-14-24-22-16-18(23)10-11-21(20)22/h5-12,14,16,19H,3-4,13,15H2,1-2H3. The Morgan fingerprint density at radius 1 is 1.00 bits per heavy atom. The van der Waals surface area contributed by atoms with Crippen molar-refractivity contribution in [2.75, 3.05) is 19.6 Å². The molecular weight excluding hydrogens is 328 g/mol. The fourth-order valence-corrected chi connectivity index (χ4v) is 3.65. The van der Waals surface area contributed by atoms with Crippen molar-refractivity contribution in [2.45, 2.75) is 26.2 Å². The van der Waals surface area contributed by atoms with Gasteiger partial charge in [0.15, 0.2) is 0 Å². The molecule has 2 nitrogen and oxygen atoms in total. The second-order valence-corrected chi connectivity index (χ2v) is 6.78. The number of rotatable bonds is 7. The van der Waals surface area contributed by atoms with Crippen molar-refractivity contribution in [2.24, 2.45) is 0 Å². The molecule has 1 aromatic heterocycles. The van der Waals surface area contributed by atoms with Gasteiger partial charge in [-0.25, -0.2) is 0 Å². The van der Waals surface area contributed by atoms with Crippen molar-refractivity contribution in [3.8, 4) is 0 Å². The van der Waals surface area contributed by atoms with Crippen molar-refractivity contribution in [1.82, 2.24) is 9.88 Å². The number of hydrogen-bond donors (Lipinski definition) is 0. The van der Waals surface area contributed by atoms with E-state index in [-0.39, 0.29) is 0 Å². The number of benzene rings is 2. The molecule has 0 radical (unpaired) electrons. The molecule has 0 spiro atoms. The van der Waals surface area contributed by atoms with Gasteiger partial charge in [-0.15, -0.1) is 0 Å². The van der Waals surface area contributed by atoms with E-state index in [0.29, 0.717) is 5.92 Å². The second-order valence-electron chi connectivity index (χ2n) is 6.34. The molecule has 0 aliphatic carbocycles. The van der Waals surface area contributed by atoms with Crippen molar-refractivity contribution < 1.29 is 0 Å². The zero-order chi connectivity index (χ0) is 17.6. The van der Waals surface area contributed by atoms with Crippen LogP contribution in [0.1, 0.15) is 37.3 Å². The molecule has 0 bridgehead atoms. The summed E-state index contributed by atoms with van der Waals surface area (Å²) in [6.45, 7) is 7.72. The first-order chi connectivity index (χ1) is 12.2. The maximum absolute atomic E-state index is 6.16. The molecule has 2 aromatic carbocycles. The lowest BCUT2D eigenvalue weighted by molar-refractivity contribution is 0.295. The van der Waals surface area contributed by atoms with Crippen LogP contribution >= 0.6 is 11.6 Å². The zero-order valence-electron chi connectivity index (χ0n) is 15.0. The van der Waals surface area contributed by atoms with Crippen LogP contribution in [0.4, 0.5) is 0 Å². The second kappa shape index (κ2) is 8.46. The van der Waals surface area contributed by atoms with E-state index in [1.54, 1.807) is 0 Å². The predicted octanol–water partition coefficient (Wildman–Crippen LogP) is 5.75. The lowest BCUT2D eigenvalue weighted by atomic mass is 9.86. The number of nitrogens with zero attached hydrogens (tertiary/aromatic N) is 2. The van der Waals surface area contributed by atoms with Crippen LogP contribution in [0.3, 0.4) is 0 Å². The summed E-state index contributed by atoms with van der Waals surface area (Å²) < 4.78 is 0. The van der Waals surface area contributed by atoms with E-state index in [9.17, 15) is 0 Å². The van der Waals surface area contributed by atoms with Gasteiger partial charge in [-0.05, 0) is 55.4 Å². The third-order valence-electron chi connectivity index (χ3n) is 4.94. The van der Waals surface area contributed by atoms with Crippen LogP contribution in [0.5, 0.6) is 0 Å². The molecule has 0 saturated heterocycles. The van der Waals surface area contributed by atoms with Gasteiger partial charge in [-0.3, -0.25) is 4.98 Å². The van der Waals surface area contributed by atoms with Gasteiger partial charge < -0.3 is 4.90 Å². The summed E-state index contributed by atoms with van der Waals surface area (Å²) in [6, 6.07) is 19.0. The summed E-state index contributed by atoms with van der Waals surface area (Å²) in [5.74, 6) is 0.355. The van der Waals surface area contributed by atoms with Crippen molar-refractivity contribution >= 4 is 22.5 Å². The maximum atomic E-state index is 6.16. The minimum absolute atomic E-state index is 0.355. The number of halogens is 1. The molecule has 3 aromatic rings. The summed E-state index contributed by atoms with van der Waals surface area (Å²) in [5, 5.41) is 1.93. The fraction of sp³-hybridized carbons (Fsp3) is 0.318. The van der Waals surface area contributed by atoms with Crippen molar-refractivity contribution in [1.29, 1.82) is 0 Å². The molecular formula is C22H25ClN2. The van der Waals surface area contributed by atoms with E-state index in [0.717, 1.165) is 36.6 Å². The molecule has 0 aliphatic heterocycles. The summed E-state index contributed by atoms with van der Waals surface area (Å²) in [4.78, 5) is 6.99. The highest BCUT2D eigenvalue weighted by atomic mass is 35.5. The minimum atomic E-state index is 0.355. The van der Waals surface area contributed by atoms with Crippen molar-refractivity contribution in [3.63, 3.8) is 0 Å². The van der Waals surface area contributed by atoms with E-state index in [2.05, 4.69) is 66.2 Å². The van der Waals surface area contributed by atoms with Crippen LogP contribution in [0, 0.1) is 0 Å². The maximum Gasteiger partial charge on any atom is 0.0719 e. The monoisotopic (exact) mass is 352 g/mol. The van der Waals surface area contributed by atoms with E-state index in [1.165, 1.54) is 16.5 Å². The number of aromatic nitrogens is 1. The van der Waals surface area contributed by atoms with Crippen LogP contribution < -0.4 is 0 Å². The quantitative estimate of drug-likeness (QED) is 0.538. The Kier molecular flexibility index (Phi) is 6.06. The molecule has 25 heavy (non-hydrogen) atoms. The highest BCUT2D eigenvalue weighted by Gasteiger charge is 2.18. The van der Waals surface area contributed by atoms with E-state index in [1.807, 2.05) is 18.3 Å². The smallest absolute Gasteiger partial charge is 0.0719 e. The number of hydrogen-bond acceptors (Lipinski definition) is 2. The first kappa shape index (κ1) is 17.9. The summed E-state index contributed by atoms with van der Waals surface area (Å²) in [6.07, 6.45) is 2.99. The SMILES string of the molecule is CCN(CC)CCC(c1ccccc1)c1ccnc2cc(Cl)ccc12. The molecule has 0 saturated carbocycles. The van der Waals surface area contributed by atoms with E-state index >= 15 is 0 Å². The van der Waals surface area contributed by atoms with Crippen molar-refractivity contribution in [3.05, 3.63) is 76.9 Å². The van der Waals surface area contributed by atoms with Gasteiger partial charge in [0.2, 0.25) is 0 Å². The van der Waals surface area contributed by atoms with Crippen LogP contribution in [0.15, 0.2) is 60.8 Å². The molecule has 1 heterocycles. The van der Waals surface area contributed by atoms with Crippen LogP contribution in [0.25, 0.3) is 10.9 Å². The lowest BCUT2D eigenvalue weighted by Crippen LogP contribution is -2.25. The third-order valence-corrected chi connectivity index (χ3v) is 5.18. The van der Waals surface area contributed by atoms with Gasteiger partial charge in [0.1, 0.15) is 0 Å². The molecule has 0 aliphatic rings. The molecule has 1 unspecified atom stereocenters. The highest BCUT2D eigenvalue weighted by molar-refractivity contribution is 6.31. The van der Waals surface area contributed by atoms with Crippen LogP contribution in [0.2, 0.25) is 5.02 Å². The molecule has 0 fully saturated rings. The topological polar surface area (TPSA) is 16.1 Å². The Labute approximate surface area is 155 Å². The molecule has 0 N–H and O–H groups in total. The van der Waals surface area contributed by atoms with Gasteiger partial charge in [0, 0.05) is 22.5 Å². The summed E-state index contributed by atoms with van der Waals surface area (Å²) >= 11 is 6.16. The number of fused-ring (bicyclic) bond motifs is 1. The zero-order valence-corrected chi connectivity index (χ0v) is 15.7. The van der Waals surface area contributed by atoms with E-state index < -0.39 is 0 Å². The predicted molar refractivity (Wildman–Crippen MR) is 107 cm³/mol. The van der Waals surface area contributed by atoms with Gasteiger partial charge in [0.05, 0.1) is 5.52 Å². The third kappa shape index (κ3) is 4.20. The Morgan fingerprint density at radius 2 is 1.76 bits per heavy atom. The highest BCUT2D eigenvalue weighted by Crippen LogP contribution is 2.33. The Hall–Kier alpha value is -1.90. The Balaban J connectivity index is 2.02. The first-order valence-electron chi connectivity index (χ1n) is 9.04. The van der Waals surface area contributed by atoms with Gasteiger partial charge in [-0.2, -0.15) is 0 Å². The largest absolute Gasteiger partial charge is 0.304 e. The molecule has 130 valence electrons. The molecule has 3 rings (SSSR count). The van der Waals surface area contributed by atoms with Crippen LogP contribution in [-0.2, 0) is 0 Å². The Morgan fingerprint density at radius 3 is 2.48 bits per heavy atom. The molecule has 0 amide bonds. The average molecular weight is 353 g/mol. The van der Waals surface area contributed by atoms with Gasteiger partial charge in [-0.1, -0.05) is 61.8 Å². The number of pyridine rings is 1. The average Bonchev–Trinajstić information content (AvgIpc) is 2.65. The summed E-state index contributed by atoms with van der Waals surface area (Å²) in [7, 11) is 0. The minimum Gasteiger partial charge on any atom is -0.304 e. The van der Waals surface area contributed by atoms with E-state index in [4.69, 9.17) is 11.6 Å².